The Morgan fingerprint density at radius 1 is 1.00 bits per heavy atom. The summed E-state index contributed by atoms with van der Waals surface area (Å²) >= 11 is 0. The largest absolute Gasteiger partial charge is 0.454 e. The number of rotatable bonds is 5. The highest BCUT2D eigenvalue weighted by Crippen LogP contribution is 2.32. The van der Waals surface area contributed by atoms with Crippen molar-refractivity contribution in [3.05, 3.63) is 48.0 Å². The number of carbonyl (C=O) groups excluding carboxylic acids is 3. The maximum Gasteiger partial charge on any atom is 0.249 e. The predicted molar refractivity (Wildman–Crippen MR) is 133 cm³/mol. The summed E-state index contributed by atoms with van der Waals surface area (Å²) in [6.45, 7) is 5.43. The highest BCUT2D eigenvalue weighted by molar-refractivity contribution is 6.06. The van der Waals surface area contributed by atoms with Gasteiger partial charge in [-0.1, -0.05) is 6.07 Å². The van der Waals surface area contributed by atoms with Crippen LogP contribution >= 0.6 is 0 Å². The average molecular weight is 493 g/mol. The van der Waals surface area contributed by atoms with Crippen LogP contribution in [0.2, 0.25) is 0 Å². The molecular weight excluding hydrogens is 464 g/mol. The van der Waals surface area contributed by atoms with Crippen LogP contribution in [0.5, 0.6) is 11.5 Å². The summed E-state index contributed by atoms with van der Waals surface area (Å²) in [5.41, 5.74) is 2.35. The minimum Gasteiger partial charge on any atom is -0.454 e. The fourth-order valence-corrected chi connectivity index (χ4v) is 4.37. The third-order valence-electron chi connectivity index (χ3n) is 6.20. The molecule has 11 nitrogen and oxygen atoms in total. The molecule has 3 N–H and O–H groups in total. The third-order valence-corrected chi connectivity index (χ3v) is 6.20. The number of hydrogen-bond donors (Lipinski definition) is 3. The Morgan fingerprint density at radius 3 is 2.42 bits per heavy atom. The number of hydrogen-bond acceptors (Lipinski definition) is 8. The summed E-state index contributed by atoms with van der Waals surface area (Å²) in [7, 11) is 0. The highest BCUT2D eigenvalue weighted by atomic mass is 16.7. The predicted octanol–water partition coefficient (Wildman–Crippen LogP) is 1.37. The number of fused-ring (bicyclic) bond motifs is 1. The summed E-state index contributed by atoms with van der Waals surface area (Å²) in [5, 5.41) is 8.30. The zero-order chi connectivity index (χ0) is 25.1. The fourth-order valence-electron chi connectivity index (χ4n) is 4.37. The van der Waals surface area contributed by atoms with Crippen LogP contribution in [0.15, 0.2) is 47.5 Å². The highest BCUT2D eigenvalue weighted by Gasteiger charge is 2.30. The lowest BCUT2D eigenvalue weighted by Crippen LogP contribution is -2.56. The molecule has 1 saturated heterocycles. The van der Waals surface area contributed by atoms with Crippen molar-refractivity contribution in [3.8, 4) is 11.5 Å². The molecule has 0 aromatic heterocycles. The van der Waals surface area contributed by atoms with Gasteiger partial charge in [0.15, 0.2) is 11.5 Å². The number of nitrogens with zero attached hydrogens (tertiary/aromatic N) is 3. The summed E-state index contributed by atoms with van der Waals surface area (Å²) in [6.07, 6.45) is -0.0105. The van der Waals surface area contributed by atoms with Crippen molar-refractivity contribution in [1.82, 2.24) is 15.1 Å². The lowest BCUT2D eigenvalue weighted by Gasteiger charge is -2.37. The van der Waals surface area contributed by atoms with Crippen molar-refractivity contribution >= 4 is 35.1 Å². The quantitative estimate of drug-likeness (QED) is 0.576. The molecular formula is C25H28N6O5. The first-order valence-electron chi connectivity index (χ1n) is 11.8. The molecule has 0 saturated carbocycles. The number of anilines is 2. The molecule has 3 amide bonds. The van der Waals surface area contributed by atoms with E-state index in [4.69, 9.17) is 9.47 Å². The minimum absolute atomic E-state index is 0.0105. The number of piperazine rings is 1. The minimum atomic E-state index is -0.810. The van der Waals surface area contributed by atoms with Gasteiger partial charge in [0.25, 0.3) is 0 Å². The van der Waals surface area contributed by atoms with Gasteiger partial charge < -0.3 is 25.0 Å². The smallest absolute Gasteiger partial charge is 0.249 e. The maximum absolute atomic E-state index is 12.8. The van der Waals surface area contributed by atoms with E-state index in [9.17, 15) is 14.4 Å². The van der Waals surface area contributed by atoms with Crippen molar-refractivity contribution in [2.45, 2.75) is 25.9 Å². The normalized spacial score (nSPS) is 19.4. The van der Waals surface area contributed by atoms with Crippen LogP contribution in [0.3, 0.4) is 0 Å². The first-order chi connectivity index (χ1) is 17.4. The van der Waals surface area contributed by atoms with Crippen LogP contribution in [0.1, 0.15) is 18.9 Å². The van der Waals surface area contributed by atoms with Gasteiger partial charge in [-0.05, 0) is 42.0 Å². The van der Waals surface area contributed by atoms with Gasteiger partial charge in [-0.25, -0.2) is 4.99 Å². The van der Waals surface area contributed by atoms with Crippen molar-refractivity contribution in [3.63, 3.8) is 0 Å². The molecule has 11 heteroatoms. The molecule has 2 aromatic carbocycles. The second kappa shape index (κ2) is 10.2. The molecule has 3 aliphatic heterocycles. The van der Waals surface area contributed by atoms with Gasteiger partial charge in [-0.15, -0.1) is 0 Å². The zero-order valence-corrected chi connectivity index (χ0v) is 20.0. The van der Waals surface area contributed by atoms with Gasteiger partial charge in [0.1, 0.15) is 6.04 Å². The number of ether oxygens (including phenoxy) is 2. The van der Waals surface area contributed by atoms with Gasteiger partial charge in [-0.3, -0.25) is 24.6 Å². The zero-order valence-electron chi connectivity index (χ0n) is 20.0. The van der Waals surface area contributed by atoms with Gasteiger partial charge in [0.05, 0.1) is 6.42 Å². The second-order valence-electron chi connectivity index (χ2n) is 8.92. The van der Waals surface area contributed by atoms with Crippen LogP contribution in [0.4, 0.5) is 11.4 Å². The molecule has 188 valence electrons. The van der Waals surface area contributed by atoms with Crippen molar-refractivity contribution in [2.24, 2.45) is 4.99 Å². The SMILES string of the molecule is CC(=O)Nc1ccc(NC(=O)[C@@H]2CC(=O)NC(N3CCN(Cc4ccc5c(c4)OCO5)CC3)=N2)cc1. The van der Waals surface area contributed by atoms with E-state index in [1.807, 2.05) is 23.1 Å². The Labute approximate surface area is 208 Å². The van der Waals surface area contributed by atoms with Crippen molar-refractivity contribution in [2.75, 3.05) is 43.6 Å². The molecule has 3 heterocycles. The average Bonchev–Trinajstić information content (AvgIpc) is 3.33. The van der Waals surface area contributed by atoms with Crippen LogP contribution in [0.25, 0.3) is 0 Å². The molecule has 0 unspecified atom stereocenters. The Morgan fingerprint density at radius 2 is 1.69 bits per heavy atom. The molecule has 36 heavy (non-hydrogen) atoms. The maximum atomic E-state index is 12.8. The van der Waals surface area contributed by atoms with E-state index in [1.165, 1.54) is 6.92 Å². The van der Waals surface area contributed by atoms with Gasteiger partial charge >= 0.3 is 0 Å². The molecule has 1 fully saturated rings. The molecule has 0 radical (unpaired) electrons. The summed E-state index contributed by atoms with van der Waals surface area (Å²) in [4.78, 5) is 45.2. The van der Waals surface area contributed by atoms with E-state index in [0.717, 1.165) is 36.7 Å². The Kier molecular flexibility index (Phi) is 6.72. The van der Waals surface area contributed by atoms with Gasteiger partial charge in [0, 0.05) is 51.0 Å². The monoisotopic (exact) mass is 492 g/mol. The number of aliphatic imine (C=N–C) groups is 1. The Balaban J connectivity index is 1.16. The van der Waals surface area contributed by atoms with Crippen molar-refractivity contribution in [1.29, 1.82) is 0 Å². The molecule has 5 rings (SSSR count). The number of carbonyl (C=O) groups is 3. The number of guanidine groups is 1. The van der Waals surface area contributed by atoms with Gasteiger partial charge in [-0.2, -0.15) is 0 Å². The molecule has 0 spiro atoms. The summed E-state index contributed by atoms with van der Waals surface area (Å²) in [6, 6.07) is 12.0. The first kappa shape index (κ1) is 23.6. The number of benzene rings is 2. The molecule has 2 aromatic rings. The second-order valence-corrected chi connectivity index (χ2v) is 8.92. The van der Waals surface area contributed by atoms with Crippen LogP contribution in [-0.2, 0) is 20.9 Å². The van der Waals surface area contributed by atoms with Crippen LogP contribution in [-0.4, -0.2) is 72.5 Å². The number of nitrogens with one attached hydrogen (secondary N) is 3. The Bertz CT molecular complexity index is 1190. The topological polar surface area (TPSA) is 125 Å². The van der Waals surface area contributed by atoms with E-state index in [-0.39, 0.29) is 30.9 Å². The van der Waals surface area contributed by atoms with Gasteiger partial charge in [0.2, 0.25) is 30.5 Å². The third kappa shape index (κ3) is 5.57. The van der Waals surface area contributed by atoms with E-state index in [0.29, 0.717) is 30.4 Å². The molecule has 1 atom stereocenters. The Hall–Kier alpha value is -4.12. The summed E-state index contributed by atoms with van der Waals surface area (Å²) < 4.78 is 10.8. The van der Waals surface area contributed by atoms with E-state index in [1.54, 1.807) is 24.3 Å². The summed E-state index contributed by atoms with van der Waals surface area (Å²) in [5.74, 6) is 1.24. The lowest BCUT2D eigenvalue weighted by atomic mass is 10.1. The van der Waals surface area contributed by atoms with E-state index >= 15 is 0 Å². The number of amides is 3. The molecule has 0 bridgehead atoms. The van der Waals surface area contributed by atoms with E-state index < -0.39 is 6.04 Å². The van der Waals surface area contributed by atoms with E-state index in [2.05, 4.69) is 25.8 Å². The fraction of sp³-hybridized carbons (Fsp3) is 0.360. The van der Waals surface area contributed by atoms with Crippen molar-refractivity contribution < 1.29 is 23.9 Å². The van der Waals surface area contributed by atoms with Crippen LogP contribution in [0, 0.1) is 0 Å². The molecule has 3 aliphatic rings. The van der Waals surface area contributed by atoms with Crippen LogP contribution < -0.4 is 25.4 Å². The molecule has 0 aliphatic carbocycles. The first-order valence-corrected chi connectivity index (χ1v) is 11.8. The lowest BCUT2D eigenvalue weighted by molar-refractivity contribution is -0.125. The standard InChI is InChI=1S/C25H28N6O5/c1-16(32)26-18-3-5-19(6-4-18)27-24(34)20-13-23(33)29-25(28-20)31-10-8-30(9-11-31)14-17-2-7-21-22(12-17)36-15-35-21/h2-7,12,20H,8-11,13-15H2,1H3,(H,26,32)(H,27,34)(H,28,29,33)/t20-/m0/s1.